The van der Waals surface area contributed by atoms with Gasteiger partial charge in [-0.2, -0.15) is 0 Å². The number of aromatic nitrogens is 3. The van der Waals surface area contributed by atoms with E-state index in [2.05, 4.69) is 30.1 Å². The van der Waals surface area contributed by atoms with Gasteiger partial charge in [-0.05, 0) is 73.4 Å². The summed E-state index contributed by atoms with van der Waals surface area (Å²) < 4.78 is 0. The minimum atomic E-state index is -0.704. The van der Waals surface area contributed by atoms with E-state index in [0.717, 1.165) is 35.5 Å². The van der Waals surface area contributed by atoms with Crippen molar-refractivity contribution in [3.63, 3.8) is 0 Å². The van der Waals surface area contributed by atoms with E-state index in [1.165, 1.54) is 0 Å². The SMILES string of the molecule is CN(CCCC[C@H](O)CO)C(=O)Cc1ccc(NC(=O)CN(CCN(Cc2ccccn2)Cc2ccccn2)Cc2ccccn2)cc1. The summed E-state index contributed by atoms with van der Waals surface area (Å²) in [6, 6.07) is 25.0. The highest BCUT2D eigenvalue weighted by Gasteiger charge is 2.17. The maximum atomic E-state index is 13.3. The highest BCUT2D eigenvalue weighted by molar-refractivity contribution is 5.92. The molecular weight excluding hydrogens is 606 g/mol. The molecule has 1 atom stereocenters. The highest BCUT2D eigenvalue weighted by Crippen LogP contribution is 2.13. The molecule has 3 N–H and O–H groups in total. The number of carbonyl (C=O) groups is 2. The first-order valence-electron chi connectivity index (χ1n) is 16.4. The normalized spacial score (nSPS) is 11.9. The largest absolute Gasteiger partial charge is 0.394 e. The molecule has 0 aliphatic rings. The van der Waals surface area contributed by atoms with Crippen molar-refractivity contribution < 1.29 is 19.8 Å². The number of nitrogens with one attached hydrogen (secondary N) is 1. The summed E-state index contributed by atoms with van der Waals surface area (Å²) in [7, 11) is 1.77. The van der Waals surface area contributed by atoms with Gasteiger partial charge in [0.15, 0.2) is 0 Å². The quantitative estimate of drug-likeness (QED) is 0.123. The Balaban J connectivity index is 1.32. The molecule has 1 aromatic carbocycles. The zero-order chi connectivity index (χ0) is 34.0. The lowest BCUT2D eigenvalue weighted by atomic mass is 10.1. The molecule has 4 rings (SSSR count). The number of unbranched alkanes of at least 4 members (excludes halogenated alkanes) is 1. The molecule has 0 aliphatic carbocycles. The van der Waals surface area contributed by atoms with E-state index in [1.54, 1.807) is 30.5 Å². The number of amides is 2. The maximum absolute atomic E-state index is 13.3. The molecule has 0 saturated heterocycles. The third-order valence-electron chi connectivity index (χ3n) is 7.95. The molecule has 0 bridgehead atoms. The summed E-state index contributed by atoms with van der Waals surface area (Å²) in [5.74, 6) is -0.137. The lowest BCUT2D eigenvalue weighted by molar-refractivity contribution is -0.129. The van der Waals surface area contributed by atoms with Gasteiger partial charge in [0.1, 0.15) is 0 Å². The van der Waals surface area contributed by atoms with Gasteiger partial charge in [-0.1, -0.05) is 30.3 Å². The van der Waals surface area contributed by atoms with Crippen LogP contribution >= 0.6 is 0 Å². The van der Waals surface area contributed by atoms with E-state index < -0.39 is 6.10 Å². The van der Waals surface area contributed by atoms with Gasteiger partial charge in [-0.15, -0.1) is 0 Å². The zero-order valence-corrected chi connectivity index (χ0v) is 27.7. The molecule has 11 heteroatoms. The standard InChI is InChI=1S/C37H47N7O4/c1-42(21-9-5-13-35(46)29-45)37(48)24-30-14-16-31(17-15-30)41-36(47)28-44(27-34-12-4-8-20-40-34)23-22-43(25-32-10-2-6-18-38-32)26-33-11-3-7-19-39-33/h2-4,6-8,10-12,14-20,35,45-46H,5,9,13,21-29H2,1H3,(H,41,47)/t35-/m0/s1. The molecule has 0 spiro atoms. The second-order valence-electron chi connectivity index (χ2n) is 12.0. The number of anilines is 1. The number of aliphatic hydroxyl groups is 2. The Morgan fingerprint density at radius 2 is 1.27 bits per heavy atom. The third kappa shape index (κ3) is 13.3. The van der Waals surface area contributed by atoms with Crippen molar-refractivity contribution in [2.24, 2.45) is 0 Å². The summed E-state index contributed by atoms with van der Waals surface area (Å²) >= 11 is 0. The fraction of sp³-hybridized carbons (Fsp3) is 0.378. The van der Waals surface area contributed by atoms with Crippen LogP contribution in [-0.2, 0) is 35.6 Å². The Bertz CT molecular complexity index is 1450. The molecule has 4 aromatic rings. The van der Waals surface area contributed by atoms with Gasteiger partial charge in [0, 0.05) is 70.6 Å². The number of pyridine rings is 3. The van der Waals surface area contributed by atoms with Crippen molar-refractivity contribution in [3.8, 4) is 0 Å². The number of rotatable bonds is 20. The van der Waals surface area contributed by atoms with Crippen molar-refractivity contribution >= 4 is 17.5 Å². The van der Waals surface area contributed by atoms with Gasteiger partial charge < -0.3 is 20.4 Å². The topological polar surface area (TPSA) is 135 Å². The second-order valence-corrected chi connectivity index (χ2v) is 12.0. The minimum Gasteiger partial charge on any atom is -0.394 e. The minimum absolute atomic E-state index is 0.000194. The van der Waals surface area contributed by atoms with Crippen LogP contribution in [0.5, 0.6) is 0 Å². The smallest absolute Gasteiger partial charge is 0.238 e. The van der Waals surface area contributed by atoms with E-state index in [1.807, 2.05) is 78.9 Å². The Labute approximate surface area is 283 Å². The van der Waals surface area contributed by atoms with Gasteiger partial charge in [-0.25, -0.2) is 0 Å². The van der Waals surface area contributed by atoms with Crippen molar-refractivity contribution in [1.29, 1.82) is 0 Å². The summed E-state index contributed by atoms with van der Waals surface area (Å²) in [6.07, 6.45) is 6.92. The van der Waals surface area contributed by atoms with Crippen LogP contribution in [0.15, 0.2) is 97.5 Å². The fourth-order valence-corrected chi connectivity index (χ4v) is 5.24. The van der Waals surface area contributed by atoms with Crippen LogP contribution in [0.25, 0.3) is 0 Å². The Kier molecular flexibility index (Phi) is 15.1. The average Bonchev–Trinajstić information content (AvgIpc) is 3.11. The molecule has 0 fully saturated rings. The molecule has 0 aliphatic heterocycles. The van der Waals surface area contributed by atoms with E-state index >= 15 is 0 Å². The molecule has 0 radical (unpaired) electrons. The molecule has 0 saturated carbocycles. The first kappa shape index (κ1) is 36.3. The number of hydrogen-bond acceptors (Lipinski definition) is 9. The molecule has 0 unspecified atom stereocenters. The average molecular weight is 654 g/mol. The third-order valence-corrected chi connectivity index (χ3v) is 7.95. The summed E-state index contributed by atoms with van der Waals surface area (Å²) in [5, 5.41) is 21.4. The van der Waals surface area contributed by atoms with Crippen molar-refractivity contribution in [2.75, 3.05) is 45.2 Å². The first-order valence-corrected chi connectivity index (χ1v) is 16.4. The van der Waals surface area contributed by atoms with E-state index in [9.17, 15) is 14.7 Å². The van der Waals surface area contributed by atoms with E-state index in [0.29, 0.717) is 51.4 Å². The summed E-state index contributed by atoms with van der Waals surface area (Å²) in [6.45, 7) is 3.66. The van der Waals surface area contributed by atoms with Crippen molar-refractivity contribution in [2.45, 2.75) is 51.4 Å². The Morgan fingerprint density at radius 1 is 0.729 bits per heavy atom. The van der Waals surface area contributed by atoms with Crippen molar-refractivity contribution in [3.05, 3.63) is 120 Å². The van der Waals surface area contributed by atoms with Crippen LogP contribution in [-0.4, -0.2) is 97.6 Å². The Hall–Kier alpha value is -4.55. The first-order chi connectivity index (χ1) is 23.4. The van der Waals surface area contributed by atoms with Crippen LogP contribution in [0.2, 0.25) is 0 Å². The number of likely N-dealkylation sites (N-methyl/N-ethyl adjacent to an activating group) is 1. The summed E-state index contributed by atoms with van der Waals surface area (Å²) in [5.41, 5.74) is 4.34. The maximum Gasteiger partial charge on any atom is 0.238 e. The zero-order valence-electron chi connectivity index (χ0n) is 27.7. The monoisotopic (exact) mass is 653 g/mol. The van der Waals surface area contributed by atoms with Crippen LogP contribution in [0.3, 0.4) is 0 Å². The molecule has 11 nitrogen and oxygen atoms in total. The molecule has 48 heavy (non-hydrogen) atoms. The van der Waals surface area contributed by atoms with Gasteiger partial charge in [0.05, 0.1) is 42.8 Å². The predicted molar refractivity (Wildman–Crippen MR) is 185 cm³/mol. The fourth-order valence-electron chi connectivity index (χ4n) is 5.24. The molecule has 254 valence electrons. The van der Waals surface area contributed by atoms with Crippen LogP contribution in [0, 0.1) is 0 Å². The van der Waals surface area contributed by atoms with Crippen LogP contribution < -0.4 is 5.32 Å². The van der Waals surface area contributed by atoms with E-state index in [4.69, 9.17) is 5.11 Å². The van der Waals surface area contributed by atoms with Gasteiger partial charge >= 0.3 is 0 Å². The molecule has 3 aromatic heterocycles. The number of benzene rings is 1. The lowest BCUT2D eigenvalue weighted by Crippen LogP contribution is -2.39. The predicted octanol–water partition coefficient (Wildman–Crippen LogP) is 3.54. The van der Waals surface area contributed by atoms with Crippen LogP contribution in [0.1, 0.15) is 41.9 Å². The summed E-state index contributed by atoms with van der Waals surface area (Å²) in [4.78, 5) is 45.6. The van der Waals surface area contributed by atoms with Crippen molar-refractivity contribution in [1.82, 2.24) is 29.7 Å². The molecular formula is C37H47N7O4. The van der Waals surface area contributed by atoms with Gasteiger partial charge in [0.2, 0.25) is 11.8 Å². The van der Waals surface area contributed by atoms with E-state index in [-0.39, 0.29) is 31.4 Å². The molecule has 2 amide bonds. The number of carbonyl (C=O) groups excluding carboxylic acids is 2. The lowest BCUT2D eigenvalue weighted by Gasteiger charge is -2.27. The number of aliphatic hydroxyl groups excluding tert-OH is 2. The molecule has 3 heterocycles. The van der Waals surface area contributed by atoms with Gasteiger partial charge in [0.25, 0.3) is 0 Å². The number of hydrogen-bond donors (Lipinski definition) is 3. The highest BCUT2D eigenvalue weighted by atomic mass is 16.3. The van der Waals surface area contributed by atoms with Crippen LogP contribution in [0.4, 0.5) is 5.69 Å². The number of nitrogens with zero attached hydrogens (tertiary/aromatic N) is 6. The Morgan fingerprint density at radius 3 is 1.79 bits per heavy atom. The van der Waals surface area contributed by atoms with Gasteiger partial charge in [-0.3, -0.25) is 34.3 Å². The second kappa shape index (κ2) is 20.0.